The number of ether oxygens (including phenoxy) is 1. The Hall–Kier alpha value is -0.770. The molecule has 0 rings (SSSR count). The van der Waals surface area contributed by atoms with Gasteiger partial charge in [0, 0.05) is 0 Å². The highest BCUT2D eigenvalue weighted by molar-refractivity contribution is 5.64. The molecule has 0 saturated heterocycles. The molecular formula is C7H16N2O2. The summed E-state index contributed by atoms with van der Waals surface area (Å²) in [5.41, 5.74) is 4.76. The average Bonchev–Trinajstić information content (AvgIpc) is 1.85. The van der Waals surface area contributed by atoms with Gasteiger partial charge in [-0.1, -0.05) is 0 Å². The van der Waals surface area contributed by atoms with Crippen LogP contribution >= 0.6 is 0 Å². The number of primary amides is 1. The van der Waals surface area contributed by atoms with Gasteiger partial charge in [0.05, 0.1) is 6.61 Å². The fourth-order valence-corrected chi connectivity index (χ4v) is 0.703. The first-order chi connectivity index (χ1) is 5.13. The average molecular weight is 160 g/mol. The molecule has 0 aliphatic rings. The van der Waals surface area contributed by atoms with Crippen molar-refractivity contribution < 1.29 is 9.53 Å². The van der Waals surface area contributed by atoms with Crippen LogP contribution in [0.5, 0.6) is 0 Å². The van der Waals surface area contributed by atoms with Crippen molar-refractivity contribution in [3.63, 3.8) is 0 Å². The molecule has 2 N–H and O–H groups in total. The van der Waals surface area contributed by atoms with Crippen LogP contribution < -0.4 is 5.73 Å². The zero-order valence-corrected chi connectivity index (χ0v) is 7.17. The molecule has 0 aromatic carbocycles. The van der Waals surface area contributed by atoms with Gasteiger partial charge in [-0.2, -0.15) is 0 Å². The highest BCUT2D eigenvalue weighted by atomic mass is 16.5. The summed E-state index contributed by atoms with van der Waals surface area (Å²) < 4.78 is 4.54. The molecule has 0 fully saturated rings. The van der Waals surface area contributed by atoms with E-state index in [0.717, 1.165) is 19.4 Å². The summed E-state index contributed by atoms with van der Waals surface area (Å²) >= 11 is 0. The smallest absolute Gasteiger partial charge is 0.404 e. The maximum Gasteiger partial charge on any atom is 0.404 e. The van der Waals surface area contributed by atoms with Crippen LogP contribution in [-0.2, 0) is 4.74 Å². The first kappa shape index (κ1) is 10.2. The molecule has 0 spiro atoms. The fourth-order valence-electron chi connectivity index (χ4n) is 0.703. The Labute approximate surface area is 67.3 Å². The Kier molecular flexibility index (Phi) is 5.56. The van der Waals surface area contributed by atoms with Crippen LogP contribution in [0.1, 0.15) is 12.8 Å². The predicted octanol–water partition coefficient (Wildman–Crippen LogP) is 0.424. The normalized spacial score (nSPS) is 10.1. The quantitative estimate of drug-likeness (QED) is 0.593. The number of unbranched alkanes of at least 4 members (excludes halogenated alkanes) is 1. The summed E-state index contributed by atoms with van der Waals surface area (Å²) in [5, 5.41) is 0. The van der Waals surface area contributed by atoms with E-state index in [1.54, 1.807) is 0 Å². The number of amides is 1. The van der Waals surface area contributed by atoms with Crippen molar-refractivity contribution in [3.8, 4) is 0 Å². The molecule has 0 aliphatic heterocycles. The summed E-state index contributed by atoms with van der Waals surface area (Å²) in [4.78, 5) is 12.2. The summed E-state index contributed by atoms with van der Waals surface area (Å²) in [6.07, 6.45) is 1.22. The summed E-state index contributed by atoms with van der Waals surface area (Å²) in [6.45, 7) is 1.45. The zero-order valence-electron chi connectivity index (χ0n) is 7.17. The summed E-state index contributed by atoms with van der Waals surface area (Å²) in [7, 11) is 4.02. The number of rotatable bonds is 5. The van der Waals surface area contributed by atoms with Crippen LogP contribution in [-0.4, -0.2) is 38.2 Å². The van der Waals surface area contributed by atoms with Gasteiger partial charge in [0.2, 0.25) is 0 Å². The molecule has 11 heavy (non-hydrogen) atoms. The van der Waals surface area contributed by atoms with Crippen molar-refractivity contribution in [2.24, 2.45) is 5.73 Å². The standard InChI is InChI=1S/C7H16N2O2/c1-9(2)5-3-4-6-11-7(8)10/h3-6H2,1-2H3,(H2,8,10). The molecule has 0 unspecified atom stereocenters. The van der Waals surface area contributed by atoms with Crippen molar-refractivity contribution in [1.82, 2.24) is 4.90 Å². The van der Waals surface area contributed by atoms with E-state index in [1.165, 1.54) is 0 Å². The van der Waals surface area contributed by atoms with Gasteiger partial charge in [0.15, 0.2) is 0 Å². The minimum absolute atomic E-state index is 0.434. The summed E-state index contributed by atoms with van der Waals surface area (Å²) in [5.74, 6) is 0. The van der Waals surface area contributed by atoms with Gasteiger partial charge in [0.1, 0.15) is 0 Å². The topological polar surface area (TPSA) is 55.6 Å². The Bertz CT molecular complexity index is 115. The van der Waals surface area contributed by atoms with Crippen LogP contribution in [0.15, 0.2) is 0 Å². The number of hydrogen-bond acceptors (Lipinski definition) is 3. The highest BCUT2D eigenvalue weighted by Gasteiger charge is 1.93. The third-order valence-electron chi connectivity index (χ3n) is 1.24. The molecule has 0 saturated carbocycles. The van der Waals surface area contributed by atoms with Crippen LogP contribution in [0.3, 0.4) is 0 Å². The van der Waals surface area contributed by atoms with Crippen molar-refractivity contribution in [1.29, 1.82) is 0 Å². The van der Waals surface area contributed by atoms with E-state index in [4.69, 9.17) is 5.73 Å². The molecule has 0 bridgehead atoms. The van der Waals surface area contributed by atoms with Crippen molar-refractivity contribution in [2.45, 2.75) is 12.8 Å². The Morgan fingerprint density at radius 2 is 2.09 bits per heavy atom. The molecular weight excluding hydrogens is 144 g/mol. The minimum Gasteiger partial charge on any atom is -0.450 e. The van der Waals surface area contributed by atoms with Crippen LogP contribution in [0, 0.1) is 0 Å². The third-order valence-corrected chi connectivity index (χ3v) is 1.24. The van der Waals surface area contributed by atoms with E-state index in [2.05, 4.69) is 9.64 Å². The lowest BCUT2D eigenvalue weighted by atomic mass is 10.3. The van der Waals surface area contributed by atoms with Crippen molar-refractivity contribution in [3.05, 3.63) is 0 Å². The molecule has 0 aromatic rings. The molecule has 4 nitrogen and oxygen atoms in total. The second-order valence-electron chi connectivity index (χ2n) is 2.68. The Morgan fingerprint density at radius 3 is 2.55 bits per heavy atom. The van der Waals surface area contributed by atoms with Gasteiger partial charge in [0.25, 0.3) is 0 Å². The van der Waals surface area contributed by atoms with Gasteiger partial charge in [-0.15, -0.1) is 0 Å². The molecule has 4 heteroatoms. The highest BCUT2D eigenvalue weighted by Crippen LogP contribution is 1.91. The lowest BCUT2D eigenvalue weighted by molar-refractivity contribution is 0.153. The molecule has 0 radical (unpaired) electrons. The predicted molar refractivity (Wildman–Crippen MR) is 43.3 cm³/mol. The summed E-state index contributed by atoms with van der Waals surface area (Å²) in [6, 6.07) is 0. The second kappa shape index (κ2) is 5.97. The fraction of sp³-hybridized carbons (Fsp3) is 0.857. The first-order valence-electron chi connectivity index (χ1n) is 3.70. The van der Waals surface area contributed by atoms with Gasteiger partial charge in [-0.25, -0.2) is 4.79 Å². The zero-order chi connectivity index (χ0) is 8.69. The number of carbonyl (C=O) groups excluding carboxylic acids is 1. The molecule has 0 heterocycles. The molecule has 0 aliphatic carbocycles. The molecule has 0 atom stereocenters. The molecule has 1 amide bonds. The monoisotopic (exact) mass is 160 g/mol. The van der Waals surface area contributed by atoms with Gasteiger partial charge >= 0.3 is 6.09 Å². The molecule has 0 aromatic heterocycles. The number of nitrogens with zero attached hydrogens (tertiary/aromatic N) is 1. The van der Waals surface area contributed by atoms with E-state index in [0.29, 0.717) is 6.61 Å². The number of nitrogens with two attached hydrogens (primary N) is 1. The lowest BCUT2D eigenvalue weighted by Gasteiger charge is -2.08. The second-order valence-corrected chi connectivity index (χ2v) is 2.68. The third kappa shape index (κ3) is 9.23. The Morgan fingerprint density at radius 1 is 1.45 bits per heavy atom. The van der Waals surface area contributed by atoms with Crippen LogP contribution in [0.2, 0.25) is 0 Å². The van der Waals surface area contributed by atoms with E-state index in [-0.39, 0.29) is 0 Å². The van der Waals surface area contributed by atoms with E-state index >= 15 is 0 Å². The SMILES string of the molecule is CN(C)CCCCOC(N)=O. The number of hydrogen-bond donors (Lipinski definition) is 1. The minimum atomic E-state index is -0.685. The van der Waals surface area contributed by atoms with Crippen LogP contribution in [0.4, 0.5) is 4.79 Å². The van der Waals surface area contributed by atoms with E-state index < -0.39 is 6.09 Å². The lowest BCUT2D eigenvalue weighted by Crippen LogP contribution is -2.16. The van der Waals surface area contributed by atoms with E-state index in [9.17, 15) is 4.79 Å². The first-order valence-corrected chi connectivity index (χ1v) is 3.70. The maximum atomic E-state index is 10.1. The van der Waals surface area contributed by atoms with Gasteiger partial charge in [-0.05, 0) is 33.5 Å². The largest absolute Gasteiger partial charge is 0.450 e. The Balaban J connectivity index is 2.97. The van der Waals surface area contributed by atoms with Crippen molar-refractivity contribution >= 4 is 6.09 Å². The maximum absolute atomic E-state index is 10.1. The molecule has 66 valence electrons. The number of carbonyl (C=O) groups is 1. The van der Waals surface area contributed by atoms with Crippen LogP contribution in [0.25, 0.3) is 0 Å². The van der Waals surface area contributed by atoms with E-state index in [1.807, 2.05) is 14.1 Å². The van der Waals surface area contributed by atoms with Gasteiger partial charge in [-0.3, -0.25) is 0 Å². The van der Waals surface area contributed by atoms with Gasteiger partial charge < -0.3 is 15.4 Å². The van der Waals surface area contributed by atoms with Crippen molar-refractivity contribution in [2.75, 3.05) is 27.2 Å².